The third-order valence-electron chi connectivity index (χ3n) is 4.35. The van der Waals surface area contributed by atoms with Gasteiger partial charge in [-0.05, 0) is 25.0 Å². The molecular formula is C16H19N3O3S. The van der Waals surface area contributed by atoms with Crippen molar-refractivity contribution in [1.29, 1.82) is 0 Å². The fourth-order valence-electron chi connectivity index (χ4n) is 2.98. The van der Waals surface area contributed by atoms with Crippen molar-refractivity contribution in [3.63, 3.8) is 0 Å². The molecule has 6 nitrogen and oxygen atoms in total. The zero-order chi connectivity index (χ0) is 16.4. The predicted octanol–water partition coefficient (Wildman–Crippen LogP) is 0.849. The van der Waals surface area contributed by atoms with E-state index in [0.717, 1.165) is 10.6 Å². The van der Waals surface area contributed by atoms with Crippen molar-refractivity contribution in [3.05, 3.63) is 24.3 Å². The first kappa shape index (κ1) is 15.9. The van der Waals surface area contributed by atoms with Crippen LogP contribution in [0.5, 0.6) is 0 Å². The highest BCUT2D eigenvalue weighted by Crippen LogP contribution is 2.34. The number of hydrogen-bond acceptors (Lipinski definition) is 4. The van der Waals surface area contributed by atoms with Crippen LogP contribution in [0.3, 0.4) is 0 Å². The second-order valence-electron chi connectivity index (χ2n) is 5.79. The zero-order valence-electron chi connectivity index (χ0n) is 12.7. The van der Waals surface area contributed by atoms with Crippen molar-refractivity contribution in [2.45, 2.75) is 17.7 Å². The third kappa shape index (κ3) is 3.34. The second kappa shape index (κ2) is 6.62. The lowest BCUT2D eigenvalue weighted by Crippen LogP contribution is -2.48. The number of likely N-dealkylation sites (tertiary alicyclic amines) is 1. The van der Waals surface area contributed by atoms with Gasteiger partial charge in [0.2, 0.25) is 17.7 Å². The van der Waals surface area contributed by atoms with Crippen molar-refractivity contribution < 1.29 is 14.4 Å². The van der Waals surface area contributed by atoms with Gasteiger partial charge < -0.3 is 15.5 Å². The van der Waals surface area contributed by atoms with Gasteiger partial charge in [-0.1, -0.05) is 12.1 Å². The van der Waals surface area contributed by atoms with Gasteiger partial charge in [-0.15, -0.1) is 11.8 Å². The Hall–Kier alpha value is -2.02. The first-order valence-electron chi connectivity index (χ1n) is 7.65. The molecule has 3 rings (SSSR count). The molecule has 2 aliphatic heterocycles. The minimum atomic E-state index is -0.297. The molecule has 0 radical (unpaired) electrons. The largest absolute Gasteiger partial charge is 0.369 e. The molecule has 0 atom stereocenters. The summed E-state index contributed by atoms with van der Waals surface area (Å²) in [5.41, 5.74) is 6.11. The smallest absolute Gasteiger partial charge is 0.242 e. The number of carbonyl (C=O) groups excluding carboxylic acids is 3. The molecule has 23 heavy (non-hydrogen) atoms. The molecule has 0 saturated carbocycles. The van der Waals surface area contributed by atoms with E-state index < -0.39 is 0 Å². The lowest BCUT2D eigenvalue weighted by molar-refractivity contribution is -0.134. The molecule has 0 aromatic heterocycles. The molecule has 0 unspecified atom stereocenters. The van der Waals surface area contributed by atoms with Crippen LogP contribution in [-0.2, 0) is 14.4 Å². The van der Waals surface area contributed by atoms with E-state index in [1.54, 1.807) is 9.80 Å². The Kier molecular flexibility index (Phi) is 4.56. The minimum Gasteiger partial charge on any atom is -0.369 e. The van der Waals surface area contributed by atoms with Crippen LogP contribution in [0.15, 0.2) is 29.2 Å². The maximum absolute atomic E-state index is 12.5. The molecule has 0 aliphatic carbocycles. The molecule has 0 bridgehead atoms. The third-order valence-corrected chi connectivity index (χ3v) is 5.40. The number of primary amides is 1. The number of benzene rings is 1. The molecule has 2 N–H and O–H groups in total. The number of anilines is 1. The summed E-state index contributed by atoms with van der Waals surface area (Å²) < 4.78 is 0. The number of amides is 3. The van der Waals surface area contributed by atoms with E-state index in [1.807, 2.05) is 24.3 Å². The summed E-state index contributed by atoms with van der Waals surface area (Å²) in [6, 6.07) is 7.62. The highest BCUT2D eigenvalue weighted by atomic mass is 32.2. The summed E-state index contributed by atoms with van der Waals surface area (Å²) >= 11 is 1.50. The molecule has 1 saturated heterocycles. The summed E-state index contributed by atoms with van der Waals surface area (Å²) in [5.74, 6) is -0.215. The first-order chi connectivity index (χ1) is 11.1. The number of fused-ring (bicyclic) bond motifs is 1. The predicted molar refractivity (Wildman–Crippen MR) is 88.0 cm³/mol. The van der Waals surface area contributed by atoms with E-state index in [-0.39, 0.29) is 30.2 Å². The fourth-order valence-corrected chi connectivity index (χ4v) is 3.91. The van der Waals surface area contributed by atoms with Crippen LogP contribution in [0.2, 0.25) is 0 Å². The van der Waals surface area contributed by atoms with E-state index in [2.05, 4.69) is 0 Å². The Balaban J connectivity index is 1.66. The molecule has 2 heterocycles. The van der Waals surface area contributed by atoms with E-state index in [9.17, 15) is 14.4 Å². The Labute approximate surface area is 139 Å². The van der Waals surface area contributed by atoms with Gasteiger partial charge >= 0.3 is 0 Å². The van der Waals surface area contributed by atoms with Gasteiger partial charge in [0.25, 0.3) is 0 Å². The average Bonchev–Trinajstić information content (AvgIpc) is 2.57. The zero-order valence-corrected chi connectivity index (χ0v) is 13.6. The van der Waals surface area contributed by atoms with Crippen molar-refractivity contribution in [2.24, 2.45) is 11.7 Å². The lowest BCUT2D eigenvalue weighted by atomic mass is 9.96. The van der Waals surface area contributed by atoms with Gasteiger partial charge in [-0.2, -0.15) is 0 Å². The Morgan fingerprint density at radius 3 is 2.61 bits per heavy atom. The summed E-state index contributed by atoms with van der Waals surface area (Å²) in [5, 5.41) is 0. The Morgan fingerprint density at radius 2 is 1.91 bits per heavy atom. The van der Waals surface area contributed by atoms with Gasteiger partial charge in [-0.25, -0.2) is 0 Å². The number of nitrogens with zero attached hydrogens (tertiary/aromatic N) is 2. The monoisotopic (exact) mass is 333 g/mol. The fraction of sp³-hybridized carbons (Fsp3) is 0.438. The molecule has 1 aromatic carbocycles. The molecule has 122 valence electrons. The number of nitrogens with two attached hydrogens (primary N) is 1. The van der Waals surface area contributed by atoms with Crippen LogP contribution < -0.4 is 10.6 Å². The van der Waals surface area contributed by atoms with Crippen LogP contribution >= 0.6 is 11.8 Å². The highest BCUT2D eigenvalue weighted by molar-refractivity contribution is 8.00. The van der Waals surface area contributed by atoms with Crippen molar-refractivity contribution >= 4 is 35.2 Å². The number of piperidine rings is 1. The molecule has 0 spiro atoms. The number of carbonyl (C=O) groups is 3. The van der Waals surface area contributed by atoms with Crippen LogP contribution in [0, 0.1) is 5.92 Å². The van der Waals surface area contributed by atoms with E-state index in [0.29, 0.717) is 31.7 Å². The van der Waals surface area contributed by atoms with E-state index >= 15 is 0 Å². The van der Waals surface area contributed by atoms with Crippen molar-refractivity contribution in [2.75, 3.05) is 30.3 Å². The van der Waals surface area contributed by atoms with Gasteiger partial charge in [-0.3, -0.25) is 14.4 Å². The van der Waals surface area contributed by atoms with Gasteiger partial charge in [0.05, 0.1) is 11.4 Å². The number of rotatable bonds is 3. The number of para-hydroxylation sites is 1. The molecule has 1 aromatic rings. The summed E-state index contributed by atoms with van der Waals surface area (Å²) in [6.45, 7) is 1.09. The van der Waals surface area contributed by atoms with Crippen LogP contribution in [0.25, 0.3) is 0 Å². The van der Waals surface area contributed by atoms with Crippen LogP contribution in [0.1, 0.15) is 12.8 Å². The molecule has 1 fully saturated rings. The number of hydrogen-bond donors (Lipinski definition) is 1. The SMILES string of the molecule is NC(=O)C1CCN(C(=O)CN2C(=O)CSc3ccccc32)CC1. The standard InChI is InChI=1S/C16H19N3O3S/c17-16(22)11-5-7-18(8-6-11)14(20)9-19-12-3-1-2-4-13(12)23-10-15(19)21/h1-4,11H,5-10H2,(H2,17,22). The Bertz CT molecular complexity index is 641. The van der Waals surface area contributed by atoms with Gasteiger partial charge in [0.15, 0.2) is 0 Å². The number of thioether (sulfide) groups is 1. The van der Waals surface area contributed by atoms with Crippen molar-refractivity contribution in [1.82, 2.24) is 4.90 Å². The second-order valence-corrected chi connectivity index (χ2v) is 6.81. The van der Waals surface area contributed by atoms with Crippen molar-refractivity contribution in [3.8, 4) is 0 Å². The summed E-state index contributed by atoms with van der Waals surface area (Å²) in [6.07, 6.45) is 1.20. The minimum absolute atomic E-state index is 0.0472. The van der Waals surface area contributed by atoms with Crippen LogP contribution in [0.4, 0.5) is 5.69 Å². The summed E-state index contributed by atoms with van der Waals surface area (Å²) in [4.78, 5) is 40.2. The van der Waals surface area contributed by atoms with E-state index in [1.165, 1.54) is 11.8 Å². The average molecular weight is 333 g/mol. The lowest BCUT2D eigenvalue weighted by Gasteiger charge is -2.34. The van der Waals surface area contributed by atoms with E-state index in [4.69, 9.17) is 5.73 Å². The first-order valence-corrected chi connectivity index (χ1v) is 8.64. The quantitative estimate of drug-likeness (QED) is 0.889. The topological polar surface area (TPSA) is 83.7 Å². The molecule has 3 amide bonds. The molecule has 2 aliphatic rings. The van der Waals surface area contributed by atoms with Crippen LogP contribution in [-0.4, -0.2) is 48.0 Å². The Morgan fingerprint density at radius 1 is 1.22 bits per heavy atom. The normalized spacial score (nSPS) is 18.7. The molecule has 7 heteroatoms. The molecular weight excluding hydrogens is 314 g/mol. The summed E-state index contributed by atoms with van der Waals surface area (Å²) in [7, 11) is 0. The van der Waals surface area contributed by atoms with Gasteiger partial charge in [0.1, 0.15) is 6.54 Å². The maximum Gasteiger partial charge on any atom is 0.242 e. The van der Waals surface area contributed by atoms with Gasteiger partial charge in [0, 0.05) is 23.9 Å². The highest BCUT2D eigenvalue weighted by Gasteiger charge is 2.30. The maximum atomic E-state index is 12.5.